The molecule has 78 valence electrons. The van der Waals surface area contributed by atoms with Gasteiger partial charge in [-0.05, 0) is 55.3 Å². The van der Waals surface area contributed by atoms with E-state index in [1.54, 1.807) is 0 Å². The lowest BCUT2D eigenvalue weighted by molar-refractivity contribution is 0.0411. The maximum absolute atomic E-state index is 2.52. The summed E-state index contributed by atoms with van der Waals surface area (Å²) in [7, 11) is 0. The second kappa shape index (κ2) is 2.46. The smallest absolute Gasteiger partial charge is 0.0257 e. The van der Waals surface area contributed by atoms with Crippen molar-refractivity contribution in [3.8, 4) is 0 Å². The Kier molecular flexibility index (Phi) is 1.58. The van der Waals surface area contributed by atoms with Crippen molar-refractivity contribution >= 4 is 0 Å². The predicted molar refractivity (Wildman–Crippen MR) is 60.1 cm³/mol. The van der Waals surface area contributed by atoms with Crippen LogP contribution in [0.25, 0.3) is 0 Å². The quantitative estimate of drug-likeness (QED) is 0.499. The van der Waals surface area contributed by atoms with Crippen LogP contribution in [0.2, 0.25) is 0 Å². The highest BCUT2D eigenvalue weighted by Crippen LogP contribution is 2.61. The maximum atomic E-state index is 2.52. The molecule has 0 heteroatoms. The van der Waals surface area contributed by atoms with Crippen molar-refractivity contribution < 1.29 is 0 Å². The molecule has 0 nitrogen and oxygen atoms in total. The minimum Gasteiger partial charge on any atom is -0.0701 e. The predicted octanol–water partition coefficient (Wildman–Crippen LogP) is 4.31. The highest BCUT2D eigenvalue weighted by Gasteiger charge is 2.48. The molecule has 0 saturated heterocycles. The van der Waals surface area contributed by atoms with Crippen LogP contribution >= 0.6 is 0 Å². The second-order valence-corrected chi connectivity index (χ2v) is 7.00. The lowest BCUT2D eigenvalue weighted by Gasteiger charge is -2.51. The zero-order valence-electron chi connectivity index (χ0n) is 9.82. The van der Waals surface area contributed by atoms with Gasteiger partial charge in [0.05, 0.1) is 0 Å². The van der Waals surface area contributed by atoms with Crippen molar-refractivity contribution in [1.29, 1.82) is 0 Å². The summed E-state index contributed by atoms with van der Waals surface area (Å²) in [6.07, 6.45) is 8.69. The van der Waals surface area contributed by atoms with Gasteiger partial charge >= 0.3 is 0 Å². The zero-order chi connectivity index (χ0) is 9.97. The number of hydrogen-bond acceptors (Lipinski definition) is 0. The topological polar surface area (TPSA) is 0 Å². The summed E-state index contributed by atoms with van der Waals surface area (Å²) in [6, 6.07) is 0. The fourth-order valence-electron chi connectivity index (χ4n) is 4.08. The molecule has 0 aromatic carbocycles. The summed E-state index contributed by atoms with van der Waals surface area (Å²) >= 11 is 0. The Morgan fingerprint density at radius 3 is 2.36 bits per heavy atom. The van der Waals surface area contributed by atoms with Crippen molar-refractivity contribution in [3.63, 3.8) is 0 Å². The molecule has 0 radical (unpaired) electrons. The Balaban J connectivity index is 1.87. The normalized spacial score (nSPS) is 44.4. The molecule has 3 aliphatic carbocycles. The number of hydrogen-bond donors (Lipinski definition) is 0. The van der Waals surface area contributed by atoms with Gasteiger partial charge in [-0.2, -0.15) is 0 Å². The molecule has 0 aliphatic heterocycles. The molecule has 0 heterocycles. The monoisotopic (exact) mass is 190 g/mol. The first-order valence-electron chi connectivity index (χ1n) is 6.18. The first kappa shape index (κ1) is 9.00. The van der Waals surface area contributed by atoms with E-state index in [9.17, 15) is 0 Å². The highest BCUT2D eigenvalue weighted by atomic mass is 14.5. The molecule has 0 bridgehead atoms. The highest BCUT2D eigenvalue weighted by molar-refractivity contribution is 5.30. The summed E-state index contributed by atoms with van der Waals surface area (Å²) in [5, 5.41) is 0. The molecule has 3 rings (SSSR count). The molecule has 0 unspecified atom stereocenters. The van der Waals surface area contributed by atoms with Gasteiger partial charge in [0.25, 0.3) is 0 Å². The van der Waals surface area contributed by atoms with Crippen molar-refractivity contribution in [3.05, 3.63) is 11.1 Å². The Bertz CT molecular complexity index is 308. The molecule has 2 atom stereocenters. The minimum absolute atomic E-state index is 0.588. The second-order valence-electron chi connectivity index (χ2n) is 7.00. The van der Waals surface area contributed by atoms with E-state index < -0.39 is 0 Å². The van der Waals surface area contributed by atoms with Crippen molar-refractivity contribution in [2.75, 3.05) is 0 Å². The number of rotatable bonds is 0. The van der Waals surface area contributed by atoms with Gasteiger partial charge in [0.15, 0.2) is 0 Å². The third-order valence-corrected chi connectivity index (χ3v) is 5.04. The van der Waals surface area contributed by atoms with E-state index in [-0.39, 0.29) is 0 Å². The Morgan fingerprint density at radius 2 is 1.71 bits per heavy atom. The van der Waals surface area contributed by atoms with E-state index >= 15 is 0 Å². The van der Waals surface area contributed by atoms with Crippen LogP contribution in [0.1, 0.15) is 59.3 Å². The Morgan fingerprint density at radius 1 is 1.00 bits per heavy atom. The van der Waals surface area contributed by atoms with Crippen LogP contribution < -0.4 is 0 Å². The fraction of sp³-hybridized carbons (Fsp3) is 0.857. The average molecular weight is 190 g/mol. The van der Waals surface area contributed by atoms with E-state index in [0.29, 0.717) is 5.41 Å². The van der Waals surface area contributed by atoms with Crippen molar-refractivity contribution in [2.45, 2.75) is 59.3 Å². The molecule has 1 fully saturated rings. The summed E-state index contributed by atoms with van der Waals surface area (Å²) in [6.45, 7) is 7.40. The standard InChI is InChI=1S/C14H22/c1-13(2)7-10-6-12-4-5-14(12,3)9-11(10)8-13/h12H,4-9H2,1-3H3/t12-,14+/m1/s1. The van der Waals surface area contributed by atoms with E-state index in [1.807, 2.05) is 11.1 Å². The van der Waals surface area contributed by atoms with E-state index in [4.69, 9.17) is 0 Å². The lowest BCUT2D eigenvalue weighted by Crippen LogP contribution is -2.40. The molecular formula is C14H22. The molecule has 0 aromatic heterocycles. The Hall–Kier alpha value is -0.260. The number of allylic oxidation sites excluding steroid dienone is 2. The van der Waals surface area contributed by atoms with Gasteiger partial charge in [-0.25, -0.2) is 0 Å². The molecule has 0 spiro atoms. The van der Waals surface area contributed by atoms with Crippen LogP contribution in [-0.2, 0) is 0 Å². The number of fused-ring (bicyclic) bond motifs is 1. The maximum Gasteiger partial charge on any atom is -0.0257 e. The van der Waals surface area contributed by atoms with Gasteiger partial charge in [0.2, 0.25) is 0 Å². The summed E-state index contributed by atoms with van der Waals surface area (Å²) < 4.78 is 0. The van der Waals surface area contributed by atoms with Crippen LogP contribution in [0.15, 0.2) is 11.1 Å². The first-order chi connectivity index (χ1) is 6.49. The van der Waals surface area contributed by atoms with Gasteiger partial charge in [-0.1, -0.05) is 31.9 Å². The van der Waals surface area contributed by atoms with Crippen molar-refractivity contribution in [1.82, 2.24) is 0 Å². The SMILES string of the molecule is CC1(C)CC2=C(C1)C[C@]1(C)CC[C@@H]1C2. The molecule has 0 aromatic rings. The summed E-state index contributed by atoms with van der Waals surface area (Å²) in [5.41, 5.74) is 5.02. The van der Waals surface area contributed by atoms with Gasteiger partial charge in [0, 0.05) is 0 Å². The van der Waals surface area contributed by atoms with Crippen LogP contribution in [0, 0.1) is 16.7 Å². The van der Waals surface area contributed by atoms with Crippen LogP contribution in [-0.4, -0.2) is 0 Å². The van der Waals surface area contributed by atoms with Crippen LogP contribution in [0.3, 0.4) is 0 Å². The van der Waals surface area contributed by atoms with E-state index in [0.717, 1.165) is 11.3 Å². The first-order valence-corrected chi connectivity index (χ1v) is 6.18. The third-order valence-electron chi connectivity index (χ3n) is 5.04. The lowest BCUT2D eigenvalue weighted by atomic mass is 9.54. The summed E-state index contributed by atoms with van der Waals surface area (Å²) in [5.74, 6) is 1.05. The van der Waals surface area contributed by atoms with E-state index in [2.05, 4.69) is 20.8 Å². The van der Waals surface area contributed by atoms with Gasteiger partial charge < -0.3 is 0 Å². The van der Waals surface area contributed by atoms with E-state index in [1.165, 1.54) is 38.5 Å². The molecule has 1 saturated carbocycles. The molecule has 3 aliphatic rings. The molecule has 0 N–H and O–H groups in total. The van der Waals surface area contributed by atoms with Gasteiger partial charge in [0.1, 0.15) is 0 Å². The van der Waals surface area contributed by atoms with Crippen molar-refractivity contribution in [2.24, 2.45) is 16.7 Å². The molecule has 0 amide bonds. The van der Waals surface area contributed by atoms with Crippen LogP contribution in [0.4, 0.5) is 0 Å². The summed E-state index contributed by atoms with van der Waals surface area (Å²) in [4.78, 5) is 0. The van der Waals surface area contributed by atoms with Gasteiger partial charge in [-0.3, -0.25) is 0 Å². The van der Waals surface area contributed by atoms with Crippen LogP contribution in [0.5, 0.6) is 0 Å². The molecular weight excluding hydrogens is 168 g/mol. The average Bonchev–Trinajstić information content (AvgIpc) is 2.33. The largest absolute Gasteiger partial charge is 0.0701 e. The minimum atomic E-state index is 0.588. The fourth-order valence-corrected chi connectivity index (χ4v) is 4.08. The zero-order valence-corrected chi connectivity index (χ0v) is 9.82. The molecule has 14 heavy (non-hydrogen) atoms. The van der Waals surface area contributed by atoms with Gasteiger partial charge in [-0.15, -0.1) is 0 Å². The Labute approximate surface area is 87.8 Å². The third kappa shape index (κ3) is 1.12.